The molecule has 58 heavy (non-hydrogen) atoms. The average molecular weight is 807 g/mol. The van der Waals surface area contributed by atoms with Gasteiger partial charge in [-0.1, -0.05) is 206 Å². The predicted molar refractivity (Wildman–Crippen MR) is 239 cm³/mol. The molecule has 2 N–H and O–H groups in total. The maximum absolute atomic E-state index is 13.2. The molecule has 7 heteroatoms. The standard InChI is InChI=1S/C51H82O7/c1-3-5-7-9-11-13-15-17-19-21-23-25-27-29-31-33-35-49(54)57-43-37-39-45(47(52)41-43)51(56)46-40-38-44(42-48(46)53)58-50(55)36-34-32-30-28-26-24-22-20-18-16-14-12-10-8-6-4-2/h37-42,52-53H,3-36H2,1-2H3. The van der Waals surface area contributed by atoms with Crippen molar-refractivity contribution in [3.05, 3.63) is 47.5 Å². The van der Waals surface area contributed by atoms with Gasteiger partial charge in [-0.3, -0.25) is 14.4 Å². The van der Waals surface area contributed by atoms with Gasteiger partial charge in [-0.25, -0.2) is 0 Å². The molecule has 0 aromatic heterocycles. The molecule has 328 valence electrons. The average Bonchev–Trinajstić information content (AvgIpc) is 3.20. The summed E-state index contributed by atoms with van der Waals surface area (Å²) in [7, 11) is 0. The molecule has 0 radical (unpaired) electrons. The van der Waals surface area contributed by atoms with E-state index < -0.39 is 5.78 Å². The first-order chi connectivity index (χ1) is 28.3. The van der Waals surface area contributed by atoms with Gasteiger partial charge in [0.15, 0.2) is 5.78 Å². The van der Waals surface area contributed by atoms with Crippen LogP contribution in [0.2, 0.25) is 0 Å². The minimum atomic E-state index is -0.605. The summed E-state index contributed by atoms with van der Waals surface area (Å²) < 4.78 is 10.8. The second-order valence-electron chi connectivity index (χ2n) is 16.7. The van der Waals surface area contributed by atoms with Crippen LogP contribution in [0.4, 0.5) is 0 Å². The number of ketones is 1. The van der Waals surface area contributed by atoms with E-state index >= 15 is 0 Å². The number of phenolic OH excluding ortho intramolecular Hbond substituents is 2. The molecule has 0 saturated carbocycles. The number of carbonyl (C=O) groups excluding carboxylic acids is 3. The van der Waals surface area contributed by atoms with Crippen molar-refractivity contribution >= 4 is 17.7 Å². The highest BCUT2D eigenvalue weighted by molar-refractivity contribution is 6.12. The lowest BCUT2D eigenvalue weighted by Crippen LogP contribution is -2.09. The molecule has 7 nitrogen and oxygen atoms in total. The van der Waals surface area contributed by atoms with Crippen molar-refractivity contribution in [1.29, 1.82) is 0 Å². The number of esters is 2. The SMILES string of the molecule is CCCCCCCCCCCCCCCCCCC(=O)Oc1ccc(C(=O)c2ccc(OC(=O)CCCCCCCCCCCCCCCCCC)cc2O)c(O)c1. The van der Waals surface area contributed by atoms with E-state index in [1.807, 2.05) is 0 Å². The summed E-state index contributed by atoms with van der Waals surface area (Å²) in [5.41, 5.74) is -0.0812. The number of unbranched alkanes of at least 4 members (excludes halogenated alkanes) is 30. The molecule has 0 atom stereocenters. The van der Waals surface area contributed by atoms with Crippen LogP contribution in [0.5, 0.6) is 23.0 Å². The van der Waals surface area contributed by atoms with Crippen LogP contribution in [-0.4, -0.2) is 27.9 Å². The number of phenols is 2. The molecule has 2 aromatic carbocycles. The lowest BCUT2D eigenvalue weighted by Gasteiger charge is -2.10. The second-order valence-corrected chi connectivity index (χ2v) is 16.7. The second kappa shape index (κ2) is 34.5. The molecule has 0 aliphatic heterocycles. The van der Waals surface area contributed by atoms with Crippen LogP contribution in [0.15, 0.2) is 36.4 Å². The number of rotatable bonds is 38. The van der Waals surface area contributed by atoms with Gasteiger partial charge in [-0.05, 0) is 37.1 Å². The Morgan fingerprint density at radius 1 is 0.379 bits per heavy atom. The zero-order chi connectivity index (χ0) is 41.9. The van der Waals surface area contributed by atoms with Crippen LogP contribution in [0, 0.1) is 0 Å². The van der Waals surface area contributed by atoms with Crippen molar-refractivity contribution in [3.63, 3.8) is 0 Å². The van der Waals surface area contributed by atoms with Crippen LogP contribution in [0.1, 0.15) is 248 Å². The van der Waals surface area contributed by atoms with Crippen LogP contribution in [0.25, 0.3) is 0 Å². The van der Waals surface area contributed by atoms with E-state index in [1.165, 1.54) is 203 Å². The van der Waals surface area contributed by atoms with Gasteiger partial charge in [-0.15, -0.1) is 0 Å². The van der Waals surface area contributed by atoms with Crippen molar-refractivity contribution in [3.8, 4) is 23.0 Å². The Balaban J connectivity index is 1.55. The largest absolute Gasteiger partial charge is 0.507 e. The van der Waals surface area contributed by atoms with Crippen molar-refractivity contribution in [2.45, 2.75) is 232 Å². The molecule has 0 amide bonds. The topological polar surface area (TPSA) is 110 Å². The fourth-order valence-electron chi connectivity index (χ4n) is 7.68. The Morgan fingerprint density at radius 2 is 0.621 bits per heavy atom. The van der Waals surface area contributed by atoms with Gasteiger partial charge in [0.1, 0.15) is 23.0 Å². The van der Waals surface area contributed by atoms with Crippen LogP contribution < -0.4 is 9.47 Å². The van der Waals surface area contributed by atoms with Crippen LogP contribution in [-0.2, 0) is 9.59 Å². The third-order valence-electron chi connectivity index (χ3n) is 11.4. The molecule has 0 saturated heterocycles. The first kappa shape index (κ1) is 50.8. The Bertz CT molecular complexity index is 1270. The van der Waals surface area contributed by atoms with E-state index in [9.17, 15) is 24.6 Å². The molecule has 0 aliphatic carbocycles. The molecular weight excluding hydrogens is 725 g/mol. The molecule has 0 bridgehead atoms. The summed E-state index contributed by atoms with van der Waals surface area (Å²) >= 11 is 0. The number of hydrogen-bond acceptors (Lipinski definition) is 7. The number of aromatic hydroxyl groups is 2. The summed E-state index contributed by atoms with van der Waals surface area (Å²) in [6.45, 7) is 4.53. The summed E-state index contributed by atoms with van der Waals surface area (Å²) in [6, 6.07) is 8.16. The van der Waals surface area contributed by atoms with Gasteiger partial charge in [0.05, 0.1) is 11.1 Å². The Morgan fingerprint density at radius 3 is 0.862 bits per heavy atom. The zero-order valence-corrected chi connectivity index (χ0v) is 36.9. The van der Waals surface area contributed by atoms with Gasteiger partial charge >= 0.3 is 11.9 Å². The van der Waals surface area contributed by atoms with Crippen molar-refractivity contribution in [1.82, 2.24) is 0 Å². The third-order valence-corrected chi connectivity index (χ3v) is 11.4. The lowest BCUT2D eigenvalue weighted by atomic mass is 10.0. The van der Waals surface area contributed by atoms with Gasteiger partial charge < -0.3 is 19.7 Å². The van der Waals surface area contributed by atoms with E-state index in [0.29, 0.717) is 12.8 Å². The summed E-state index contributed by atoms with van der Waals surface area (Å²) in [5.74, 6) is -1.74. The Kier molecular flexibility index (Phi) is 30.2. The molecule has 0 spiro atoms. The normalized spacial score (nSPS) is 11.2. The number of carbonyl (C=O) groups is 3. The summed E-state index contributed by atoms with van der Waals surface area (Å²) in [5, 5.41) is 21.2. The van der Waals surface area contributed by atoms with Crippen molar-refractivity contribution < 1.29 is 34.1 Å². The number of benzene rings is 2. The Labute approximate surface area is 353 Å². The molecular formula is C51H82O7. The fraction of sp³-hybridized carbons (Fsp3) is 0.706. The van der Waals surface area contributed by atoms with Crippen LogP contribution in [0.3, 0.4) is 0 Å². The van der Waals surface area contributed by atoms with Gasteiger partial charge in [0, 0.05) is 25.0 Å². The Hall–Kier alpha value is -3.35. The van der Waals surface area contributed by atoms with E-state index in [1.54, 1.807) is 0 Å². The maximum Gasteiger partial charge on any atom is 0.311 e. The fourth-order valence-corrected chi connectivity index (χ4v) is 7.68. The highest BCUT2D eigenvalue weighted by Crippen LogP contribution is 2.31. The van der Waals surface area contributed by atoms with Crippen LogP contribution >= 0.6 is 0 Å². The van der Waals surface area contributed by atoms with Gasteiger partial charge in [-0.2, -0.15) is 0 Å². The molecule has 2 rings (SSSR count). The molecule has 0 aliphatic rings. The quantitative estimate of drug-likeness (QED) is 0.0301. The summed E-state index contributed by atoms with van der Waals surface area (Å²) in [4.78, 5) is 38.0. The molecule has 0 heterocycles. The number of hydrogen-bond donors (Lipinski definition) is 2. The minimum absolute atomic E-state index is 0.0406. The molecule has 2 aromatic rings. The molecule has 0 fully saturated rings. The van der Waals surface area contributed by atoms with Crippen molar-refractivity contribution in [2.24, 2.45) is 0 Å². The van der Waals surface area contributed by atoms with E-state index in [0.717, 1.165) is 38.5 Å². The monoisotopic (exact) mass is 807 g/mol. The first-order valence-electron chi connectivity index (χ1n) is 24.0. The predicted octanol–water partition coefficient (Wildman–Crippen LogP) is 15.4. The van der Waals surface area contributed by atoms with Gasteiger partial charge in [0.25, 0.3) is 0 Å². The van der Waals surface area contributed by atoms with Gasteiger partial charge in [0.2, 0.25) is 0 Å². The van der Waals surface area contributed by atoms with Crippen molar-refractivity contribution in [2.75, 3.05) is 0 Å². The highest BCUT2D eigenvalue weighted by atomic mass is 16.5. The van der Waals surface area contributed by atoms with E-state index in [4.69, 9.17) is 9.47 Å². The summed E-state index contributed by atoms with van der Waals surface area (Å²) in [6.07, 6.45) is 41.1. The minimum Gasteiger partial charge on any atom is -0.507 e. The number of ether oxygens (including phenoxy) is 2. The lowest BCUT2D eigenvalue weighted by molar-refractivity contribution is -0.135. The highest BCUT2D eigenvalue weighted by Gasteiger charge is 2.19. The smallest absolute Gasteiger partial charge is 0.311 e. The first-order valence-corrected chi connectivity index (χ1v) is 24.0. The van der Waals surface area contributed by atoms with E-state index in [-0.39, 0.29) is 46.1 Å². The molecule has 0 unspecified atom stereocenters. The maximum atomic E-state index is 13.2. The van der Waals surface area contributed by atoms with E-state index in [2.05, 4.69) is 13.8 Å². The zero-order valence-electron chi connectivity index (χ0n) is 36.9. The third kappa shape index (κ3) is 25.2.